The van der Waals surface area contributed by atoms with Gasteiger partial charge >= 0.3 is 18.2 Å². The summed E-state index contributed by atoms with van der Waals surface area (Å²) in [5.74, 6) is -3.25. The first-order valence-corrected chi connectivity index (χ1v) is 22.2. The molecule has 0 aliphatic carbocycles. The zero-order chi connectivity index (χ0) is 47.2. The first kappa shape index (κ1) is 53.5. The van der Waals surface area contributed by atoms with Crippen LogP contribution in [0, 0.1) is 11.8 Å². The molecule has 2 unspecified atom stereocenters. The summed E-state index contributed by atoms with van der Waals surface area (Å²) in [4.78, 5) is 48.4. The Morgan fingerprint density at radius 3 is 1.14 bits per heavy atom. The molecule has 0 aromatic heterocycles. The van der Waals surface area contributed by atoms with Gasteiger partial charge in [0.25, 0.3) is 0 Å². The van der Waals surface area contributed by atoms with Crippen LogP contribution in [0.2, 0.25) is 0 Å². The molecule has 0 fully saturated rings. The van der Waals surface area contributed by atoms with Crippen LogP contribution in [0.4, 0.5) is 9.59 Å². The predicted molar refractivity (Wildman–Crippen MR) is 250 cm³/mol. The Morgan fingerprint density at radius 1 is 0.556 bits per heavy atom. The van der Waals surface area contributed by atoms with Crippen LogP contribution in [-0.4, -0.2) is 72.2 Å². The van der Waals surface area contributed by atoms with Crippen molar-refractivity contribution in [3.05, 3.63) is 120 Å². The van der Waals surface area contributed by atoms with Gasteiger partial charge in [0, 0.05) is 18.1 Å². The molecule has 0 aliphatic rings. The number of nitrogens with one attached hydrogen (secondary N) is 3. The van der Waals surface area contributed by atoms with Crippen LogP contribution in [0.1, 0.15) is 100 Å². The lowest BCUT2D eigenvalue weighted by molar-refractivity contribution is -0.894. The lowest BCUT2D eigenvalue weighted by atomic mass is 9.95. The lowest BCUT2D eigenvalue weighted by Crippen LogP contribution is -3.11. The average Bonchev–Trinajstić information content (AvgIpc) is 3.21. The maximum absolute atomic E-state index is 12.2. The van der Waals surface area contributed by atoms with Gasteiger partial charge in [0.15, 0.2) is 0 Å². The minimum atomic E-state index is -1.13. The van der Waals surface area contributed by atoms with Gasteiger partial charge in [-0.3, -0.25) is 4.79 Å². The fourth-order valence-corrected chi connectivity index (χ4v) is 6.63. The zero-order valence-corrected chi connectivity index (χ0v) is 39.5. The highest BCUT2D eigenvalue weighted by atomic mass is 16.6. The van der Waals surface area contributed by atoms with Gasteiger partial charge < -0.3 is 40.0 Å². The second-order valence-electron chi connectivity index (χ2n) is 18.0. The number of alkyl carbamates (subject to hydrolysis) is 2. The Balaban J connectivity index is 0.000000376. The first-order chi connectivity index (χ1) is 29.6. The van der Waals surface area contributed by atoms with Crippen LogP contribution in [-0.2, 0) is 31.9 Å². The van der Waals surface area contributed by atoms with E-state index in [0.717, 1.165) is 33.4 Å². The Bertz CT molecular complexity index is 1790. The molecule has 0 bridgehead atoms. The molecule has 344 valence electrons. The number of aliphatic carboxylic acids is 2. The minimum Gasteiger partial charge on any atom is -0.550 e. The maximum atomic E-state index is 12.2. The van der Waals surface area contributed by atoms with Gasteiger partial charge in [-0.2, -0.15) is 0 Å². The molecule has 0 aliphatic heterocycles. The van der Waals surface area contributed by atoms with Crippen LogP contribution in [0.15, 0.2) is 109 Å². The molecule has 0 radical (unpaired) electrons. The topological polar surface area (TPSA) is 159 Å². The van der Waals surface area contributed by atoms with Crippen LogP contribution in [0.3, 0.4) is 0 Å². The first-order valence-electron chi connectivity index (χ1n) is 22.2. The van der Waals surface area contributed by atoms with Gasteiger partial charge in [-0.25, -0.2) is 9.59 Å². The highest BCUT2D eigenvalue weighted by Gasteiger charge is 2.24. The molecule has 2 amide bonds. The summed E-state index contributed by atoms with van der Waals surface area (Å²) >= 11 is 0. The van der Waals surface area contributed by atoms with Crippen molar-refractivity contribution >= 4 is 24.1 Å². The van der Waals surface area contributed by atoms with Crippen molar-refractivity contribution in [1.29, 1.82) is 0 Å². The fraction of sp³-hybridized carbons (Fsp3) is 0.462. The van der Waals surface area contributed by atoms with Crippen LogP contribution in [0.25, 0.3) is 22.3 Å². The van der Waals surface area contributed by atoms with E-state index >= 15 is 0 Å². The summed E-state index contributed by atoms with van der Waals surface area (Å²) in [6, 6.07) is 35.6. The van der Waals surface area contributed by atoms with Crippen molar-refractivity contribution in [3.63, 3.8) is 0 Å². The van der Waals surface area contributed by atoms with E-state index in [0.29, 0.717) is 19.3 Å². The molecule has 11 heteroatoms. The van der Waals surface area contributed by atoms with E-state index in [1.807, 2.05) is 97.1 Å². The second kappa shape index (κ2) is 26.7. The van der Waals surface area contributed by atoms with E-state index in [4.69, 9.17) is 9.47 Å². The molecular weight excluding hydrogens is 795 g/mol. The number of carboxylic acids is 2. The van der Waals surface area contributed by atoms with Gasteiger partial charge in [0.05, 0.1) is 25.6 Å². The molecule has 11 nitrogen and oxygen atoms in total. The highest BCUT2D eigenvalue weighted by molar-refractivity contribution is 5.71. The average molecular weight is 868 g/mol. The number of quaternary nitrogens is 1. The molecule has 4 atom stereocenters. The summed E-state index contributed by atoms with van der Waals surface area (Å²) in [6.07, 6.45) is 0.550. The van der Waals surface area contributed by atoms with E-state index in [-0.39, 0.29) is 18.5 Å². The minimum absolute atomic E-state index is 0.266. The van der Waals surface area contributed by atoms with Crippen molar-refractivity contribution < 1.29 is 43.8 Å². The quantitative estimate of drug-likeness (QED) is 0.0824. The van der Waals surface area contributed by atoms with Crippen molar-refractivity contribution in [2.45, 2.75) is 125 Å². The Morgan fingerprint density at radius 2 is 0.873 bits per heavy atom. The van der Waals surface area contributed by atoms with Gasteiger partial charge in [0.1, 0.15) is 11.2 Å². The molecule has 0 saturated heterocycles. The third-order valence-corrected chi connectivity index (χ3v) is 10.1. The van der Waals surface area contributed by atoms with Crippen molar-refractivity contribution in [2.75, 3.05) is 19.6 Å². The van der Waals surface area contributed by atoms with Crippen LogP contribution >= 0.6 is 0 Å². The van der Waals surface area contributed by atoms with Gasteiger partial charge in [-0.05, 0) is 127 Å². The van der Waals surface area contributed by atoms with Crippen molar-refractivity contribution in [2.24, 2.45) is 11.8 Å². The summed E-state index contributed by atoms with van der Waals surface area (Å²) < 4.78 is 10.6. The highest BCUT2D eigenvalue weighted by Crippen LogP contribution is 2.23. The number of hydrogen-bond donors (Lipinski definition) is 4. The fourth-order valence-electron chi connectivity index (χ4n) is 6.63. The number of carboxylic acid groups (broad SMARTS) is 2. The summed E-state index contributed by atoms with van der Waals surface area (Å²) in [7, 11) is 0. The molecule has 4 aromatic rings. The number of ether oxygens (including phenoxy) is 2. The van der Waals surface area contributed by atoms with Crippen molar-refractivity contribution in [3.8, 4) is 22.3 Å². The summed E-state index contributed by atoms with van der Waals surface area (Å²) in [5, 5.41) is 26.0. The largest absolute Gasteiger partial charge is 0.550 e. The summed E-state index contributed by atoms with van der Waals surface area (Å²) in [6.45, 7) is 24.5. The van der Waals surface area contributed by atoms with E-state index < -0.39 is 47.2 Å². The number of carbonyl (C=O) groups excluding carboxylic acids is 3. The number of carbonyl (C=O) groups is 4. The molecule has 0 heterocycles. The van der Waals surface area contributed by atoms with Crippen molar-refractivity contribution in [1.82, 2.24) is 10.6 Å². The molecule has 0 spiro atoms. The Kier molecular flexibility index (Phi) is 22.7. The molecule has 0 saturated carbocycles. The molecule has 4 aromatic carbocycles. The number of rotatable bonds is 17. The number of benzene rings is 4. The predicted octanol–water partition coefficient (Wildman–Crippen LogP) is 8.40. The van der Waals surface area contributed by atoms with Crippen LogP contribution < -0.4 is 20.6 Å². The van der Waals surface area contributed by atoms with E-state index in [9.17, 15) is 29.4 Å². The summed E-state index contributed by atoms with van der Waals surface area (Å²) in [5.41, 5.74) is 5.28. The molecule has 4 rings (SSSR count). The van der Waals surface area contributed by atoms with E-state index in [2.05, 4.69) is 43.5 Å². The standard InChI is InChI=1S/2C23H29NO4.C6H15N/c2*1-16(21(25)26)14-20(24-22(27)28-23(2,3)4)15-17-10-12-19(13-11-17)18-8-6-5-7-9-18;1-4-7(5-2)6-3/h2*5-13,16,20H,14-15H2,1-4H3,(H,24,27)(H,25,26);4-6H2,1-3H3/t2*16-,20?;/m11./s1. The van der Waals surface area contributed by atoms with Gasteiger partial charge in [-0.1, -0.05) is 123 Å². The normalized spacial score (nSPS) is 13.1. The van der Waals surface area contributed by atoms with Crippen LogP contribution in [0.5, 0.6) is 0 Å². The Hall–Kier alpha value is -5.68. The third kappa shape index (κ3) is 22.3. The molecule has 63 heavy (non-hydrogen) atoms. The maximum Gasteiger partial charge on any atom is 0.407 e. The molecule has 4 N–H and O–H groups in total. The number of amides is 2. The Labute approximate surface area is 376 Å². The molecular formula is C52H73N3O8. The van der Waals surface area contributed by atoms with Gasteiger partial charge in [-0.15, -0.1) is 0 Å². The number of hydrogen-bond acceptors (Lipinski definition) is 7. The lowest BCUT2D eigenvalue weighted by Gasteiger charge is -2.26. The SMILES string of the molecule is CC[NH+](CC)CC.C[C@H](CC(Cc1ccc(-c2ccccc2)cc1)NC(=O)OC(C)(C)C)C(=O)O.C[C@H](CC(Cc1ccc(-c2ccccc2)cc1)NC(=O)OC(C)(C)C)C(=O)[O-]. The zero-order valence-electron chi connectivity index (χ0n) is 39.5. The third-order valence-electron chi connectivity index (χ3n) is 10.1. The van der Waals surface area contributed by atoms with E-state index in [1.54, 1.807) is 60.3 Å². The smallest absolute Gasteiger partial charge is 0.407 e. The monoisotopic (exact) mass is 868 g/mol. The van der Waals surface area contributed by atoms with E-state index in [1.165, 1.54) is 19.6 Å². The second-order valence-corrected chi connectivity index (χ2v) is 18.0. The van der Waals surface area contributed by atoms with Gasteiger partial charge in [0.2, 0.25) is 0 Å².